The van der Waals surface area contributed by atoms with Gasteiger partial charge < -0.3 is 10.4 Å². The van der Waals surface area contributed by atoms with E-state index in [9.17, 15) is 9.90 Å². The van der Waals surface area contributed by atoms with Crippen LogP contribution < -0.4 is 5.32 Å². The first-order valence-corrected chi connectivity index (χ1v) is 6.16. The monoisotopic (exact) mass is 211 g/mol. The highest BCUT2D eigenvalue weighted by Gasteiger charge is 2.42. The minimum absolute atomic E-state index is 0.176. The van der Waals surface area contributed by atoms with Gasteiger partial charge in [-0.2, -0.15) is 0 Å². The van der Waals surface area contributed by atoms with E-state index in [1.54, 1.807) is 0 Å². The molecule has 2 N–H and O–H groups in total. The molecule has 2 rings (SSSR count). The largest absolute Gasteiger partial charge is 0.391 e. The number of amides is 1. The van der Waals surface area contributed by atoms with E-state index in [0.717, 1.165) is 12.3 Å². The maximum atomic E-state index is 11.8. The Balaban J connectivity index is 1.77. The summed E-state index contributed by atoms with van der Waals surface area (Å²) in [7, 11) is 0. The Kier molecular flexibility index (Phi) is 3.29. The maximum absolute atomic E-state index is 11.8. The minimum Gasteiger partial charge on any atom is -0.391 e. The van der Waals surface area contributed by atoms with E-state index >= 15 is 0 Å². The Morgan fingerprint density at radius 2 is 2.27 bits per heavy atom. The number of aliphatic hydroxyl groups is 1. The molecule has 0 aromatic carbocycles. The van der Waals surface area contributed by atoms with Crippen LogP contribution in [0.3, 0.4) is 0 Å². The molecule has 0 aromatic heterocycles. The lowest BCUT2D eigenvalue weighted by Crippen LogP contribution is -2.38. The second kappa shape index (κ2) is 4.52. The van der Waals surface area contributed by atoms with E-state index in [0.29, 0.717) is 18.9 Å². The number of carbonyl (C=O) groups is 1. The molecule has 0 radical (unpaired) electrons. The normalized spacial score (nSPS) is 35.5. The third-order valence-corrected chi connectivity index (χ3v) is 4.06. The highest BCUT2D eigenvalue weighted by molar-refractivity contribution is 5.79. The van der Waals surface area contributed by atoms with Crippen LogP contribution in [0.25, 0.3) is 0 Å². The average molecular weight is 211 g/mol. The van der Waals surface area contributed by atoms with E-state index in [-0.39, 0.29) is 17.9 Å². The van der Waals surface area contributed by atoms with Crippen LogP contribution in [-0.4, -0.2) is 23.7 Å². The molecule has 2 fully saturated rings. The highest BCUT2D eigenvalue weighted by atomic mass is 16.3. The summed E-state index contributed by atoms with van der Waals surface area (Å²) in [6, 6.07) is 0. The second-order valence-corrected chi connectivity index (χ2v) is 5.09. The minimum atomic E-state index is -0.382. The summed E-state index contributed by atoms with van der Waals surface area (Å²) < 4.78 is 0. The van der Waals surface area contributed by atoms with Crippen molar-refractivity contribution in [3.63, 3.8) is 0 Å². The van der Waals surface area contributed by atoms with Crippen molar-refractivity contribution in [1.82, 2.24) is 5.32 Å². The molecule has 86 valence electrons. The van der Waals surface area contributed by atoms with Gasteiger partial charge in [0, 0.05) is 12.5 Å². The summed E-state index contributed by atoms with van der Waals surface area (Å²) in [4.78, 5) is 11.8. The van der Waals surface area contributed by atoms with Crippen LogP contribution in [0, 0.1) is 17.8 Å². The number of carbonyl (C=O) groups excluding carboxylic acids is 1. The number of hydrogen-bond donors (Lipinski definition) is 2. The molecular weight excluding hydrogens is 190 g/mol. The van der Waals surface area contributed by atoms with Gasteiger partial charge in [0.1, 0.15) is 0 Å². The first-order chi connectivity index (χ1) is 7.20. The molecule has 3 nitrogen and oxygen atoms in total. The van der Waals surface area contributed by atoms with Crippen LogP contribution in [-0.2, 0) is 4.79 Å². The molecule has 2 saturated carbocycles. The smallest absolute Gasteiger partial charge is 0.223 e. The van der Waals surface area contributed by atoms with Crippen LogP contribution in [0.2, 0.25) is 0 Å². The summed E-state index contributed by atoms with van der Waals surface area (Å²) in [6.07, 6.45) is 5.22. The molecule has 1 amide bonds. The SMILES string of the molecule is CCC(O)CNC(=O)C1CC2CCC1C2. The maximum Gasteiger partial charge on any atom is 0.223 e. The molecule has 0 aliphatic heterocycles. The molecule has 0 heterocycles. The van der Waals surface area contributed by atoms with Crippen molar-refractivity contribution in [1.29, 1.82) is 0 Å². The van der Waals surface area contributed by atoms with Gasteiger partial charge in [-0.15, -0.1) is 0 Å². The summed E-state index contributed by atoms with van der Waals surface area (Å²) in [5.74, 6) is 1.86. The Morgan fingerprint density at radius 3 is 2.80 bits per heavy atom. The fraction of sp³-hybridized carbons (Fsp3) is 0.917. The highest BCUT2D eigenvalue weighted by Crippen LogP contribution is 2.48. The number of hydrogen-bond acceptors (Lipinski definition) is 2. The predicted molar refractivity (Wildman–Crippen MR) is 58.2 cm³/mol. The first-order valence-electron chi connectivity index (χ1n) is 6.16. The number of fused-ring (bicyclic) bond motifs is 2. The number of nitrogens with one attached hydrogen (secondary N) is 1. The van der Waals surface area contributed by atoms with Gasteiger partial charge in [0.25, 0.3) is 0 Å². The quantitative estimate of drug-likeness (QED) is 0.736. The number of aliphatic hydroxyl groups excluding tert-OH is 1. The summed E-state index contributed by atoms with van der Waals surface area (Å²) in [5.41, 5.74) is 0. The summed E-state index contributed by atoms with van der Waals surface area (Å²) in [5, 5.41) is 12.2. The van der Waals surface area contributed by atoms with Gasteiger partial charge in [0.05, 0.1) is 6.10 Å². The van der Waals surface area contributed by atoms with Crippen molar-refractivity contribution >= 4 is 5.91 Å². The third-order valence-electron chi connectivity index (χ3n) is 4.06. The fourth-order valence-electron chi connectivity index (χ4n) is 3.06. The topological polar surface area (TPSA) is 49.3 Å². The molecule has 0 saturated heterocycles. The molecule has 4 atom stereocenters. The first kappa shape index (κ1) is 10.9. The molecule has 2 aliphatic carbocycles. The molecule has 0 aromatic rings. The molecule has 2 aliphatic rings. The van der Waals surface area contributed by atoms with Gasteiger partial charge in [-0.05, 0) is 37.5 Å². The zero-order valence-electron chi connectivity index (χ0n) is 9.41. The standard InChI is InChI=1S/C12H21NO2/c1-2-10(14)7-13-12(15)11-6-8-3-4-9(11)5-8/h8-11,14H,2-7H2,1H3,(H,13,15). The molecule has 4 unspecified atom stereocenters. The molecule has 3 heteroatoms. The Morgan fingerprint density at radius 1 is 1.47 bits per heavy atom. The molecule has 15 heavy (non-hydrogen) atoms. The lowest BCUT2D eigenvalue weighted by atomic mass is 9.88. The van der Waals surface area contributed by atoms with Crippen LogP contribution in [0.4, 0.5) is 0 Å². The van der Waals surface area contributed by atoms with Gasteiger partial charge in [0.15, 0.2) is 0 Å². The summed E-state index contributed by atoms with van der Waals surface area (Å²) >= 11 is 0. The van der Waals surface area contributed by atoms with Crippen molar-refractivity contribution in [3.8, 4) is 0 Å². The molecule has 0 spiro atoms. The van der Waals surface area contributed by atoms with Gasteiger partial charge in [0.2, 0.25) is 5.91 Å². The van der Waals surface area contributed by atoms with Gasteiger partial charge in [-0.25, -0.2) is 0 Å². The Labute approximate surface area is 91.2 Å². The molecule has 2 bridgehead atoms. The van der Waals surface area contributed by atoms with Crippen molar-refractivity contribution < 1.29 is 9.90 Å². The summed E-state index contributed by atoms with van der Waals surface area (Å²) in [6.45, 7) is 2.34. The van der Waals surface area contributed by atoms with E-state index in [1.807, 2.05) is 6.92 Å². The second-order valence-electron chi connectivity index (χ2n) is 5.09. The lowest BCUT2D eigenvalue weighted by molar-refractivity contribution is -0.127. The number of rotatable bonds is 4. The Bertz CT molecular complexity index is 242. The van der Waals surface area contributed by atoms with Crippen molar-refractivity contribution in [2.24, 2.45) is 17.8 Å². The molecular formula is C12H21NO2. The lowest BCUT2D eigenvalue weighted by Gasteiger charge is -2.21. The van der Waals surface area contributed by atoms with E-state index < -0.39 is 0 Å². The Hall–Kier alpha value is -0.570. The zero-order chi connectivity index (χ0) is 10.8. The zero-order valence-corrected chi connectivity index (χ0v) is 9.41. The van der Waals surface area contributed by atoms with Crippen molar-refractivity contribution in [3.05, 3.63) is 0 Å². The predicted octanol–water partition coefficient (Wildman–Crippen LogP) is 1.31. The van der Waals surface area contributed by atoms with E-state index in [4.69, 9.17) is 0 Å². The van der Waals surface area contributed by atoms with Gasteiger partial charge in [-0.1, -0.05) is 13.3 Å². The fourth-order valence-corrected chi connectivity index (χ4v) is 3.06. The average Bonchev–Trinajstić information content (AvgIpc) is 2.86. The van der Waals surface area contributed by atoms with E-state index in [2.05, 4.69) is 5.32 Å². The van der Waals surface area contributed by atoms with Gasteiger partial charge in [-0.3, -0.25) is 4.79 Å². The van der Waals surface area contributed by atoms with Crippen molar-refractivity contribution in [2.45, 2.75) is 45.1 Å². The third kappa shape index (κ3) is 2.33. The van der Waals surface area contributed by atoms with E-state index in [1.165, 1.54) is 19.3 Å². The van der Waals surface area contributed by atoms with Crippen LogP contribution in [0.5, 0.6) is 0 Å². The van der Waals surface area contributed by atoms with Gasteiger partial charge >= 0.3 is 0 Å². The van der Waals surface area contributed by atoms with Crippen LogP contribution in [0.15, 0.2) is 0 Å². The van der Waals surface area contributed by atoms with Crippen LogP contribution >= 0.6 is 0 Å². The van der Waals surface area contributed by atoms with Crippen LogP contribution in [0.1, 0.15) is 39.0 Å². The van der Waals surface area contributed by atoms with Crippen molar-refractivity contribution in [2.75, 3.05) is 6.54 Å².